The second-order valence-corrected chi connectivity index (χ2v) is 4.30. The summed E-state index contributed by atoms with van der Waals surface area (Å²) in [7, 11) is 0. The van der Waals surface area contributed by atoms with Gasteiger partial charge in [-0.3, -0.25) is 4.98 Å². The minimum Gasteiger partial charge on any atom is -0.406 e. The molecule has 0 radical (unpaired) electrons. The summed E-state index contributed by atoms with van der Waals surface area (Å²) in [6, 6.07) is 7.59. The molecule has 0 fully saturated rings. The molecule has 0 bridgehead atoms. The molecule has 0 aliphatic heterocycles. The van der Waals surface area contributed by atoms with Gasteiger partial charge in [0.05, 0.1) is 0 Å². The van der Waals surface area contributed by atoms with E-state index in [0.717, 1.165) is 11.1 Å². The first kappa shape index (κ1) is 14.2. The van der Waals surface area contributed by atoms with Crippen molar-refractivity contribution in [1.29, 1.82) is 0 Å². The van der Waals surface area contributed by atoms with Crippen LogP contribution in [-0.2, 0) is 6.54 Å². The van der Waals surface area contributed by atoms with Crippen molar-refractivity contribution in [3.63, 3.8) is 0 Å². The van der Waals surface area contributed by atoms with Crippen LogP contribution in [0.15, 0.2) is 42.7 Å². The minimum absolute atomic E-state index is 0.236. The maximum absolute atomic E-state index is 12.0. The Hall–Kier alpha value is -2.24. The van der Waals surface area contributed by atoms with Crippen molar-refractivity contribution >= 4 is 5.69 Å². The normalized spacial score (nSPS) is 11.2. The molecular weight excluding hydrogens is 269 g/mol. The van der Waals surface area contributed by atoms with E-state index in [1.54, 1.807) is 12.4 Å². The highest BCUT2D eigenvalue weighted by molar-refractivity contribution is 5.46. The first-order valence-corrected chi connectivity index (χ1v) is 5.92. The molecule has 1 aromatic heterocycles. The summed E-state index contributed by atoms with van der Waals surface area (Å²) < 4.78 is 39.8. The van der Waals surface area contributed by atoms with Crippen LogP contribution >= 0.6 is 0 Å². The van der Waals surface area contributed by atoms with Crippen molar-refractivity contribution in [2.75, 3.05) is 5.32 Å². The summed E-state index contributed by atoms with van der Waals surface area (Å²) >= 11 is 0. The fourth-order valence-electron chi connectivity index (χ4n) is 1.69. The van der Waals surface area contributed by atoms with Crippen molar-refractivity contribution in [2.24, 2.45) is 0 Å². The van der Waals surface area contributed by atoms with Gasteiger partial charge >= 0.3 is 6.36 Å². The van der Waals surface area contributed by atoms with Crippen LogP contribution in [0.3, 0.4) is 0 Å². The number of halogens is 3. The number of rotatable bonds is 4. The molecule has 0 aliphatic rings. The van der Waals surface area contributed by atoms with Crippen LogP contribution in [0.1, 0.15) is 11.1 Å². The first-order chi connectivity index (χ1) is 9.42. The third-order valence-electron chi connectivity index (χ3n) is 2.52. The quantitative estimate of drug-likeness (QED) is 0.923. The lowest BCUT2D eigenvalue weighted by Gasteiger charge is -2.10. The number of nitrogens with zero attached hydrogens (tertiary/aromatic N) is 1. The fraction of sp³-hybridized carbons (Fsp3) is 0.214. The number of nitrogens with one attached hydrogen (secondary N) is 1. The molecule has 0 amide bonds. The zero-order valence-corrected chi connectivity index (χ0v) is 10.7. The van der Waals surface area contributed by atoms with E-state index >= 15 is 0 Å². The second kappa shape index (κ2) is 5.81. The molecule has 1 heterocycles. The van der Waals surface area contributed by atoms with Crippen LogP contribution in [0.25, 0.3) is 0 Å². The lowest BCUT2D eigenvalue weighted by atomic mass is 10.2. The Kier molecular flexibility index (Phi) is 4.12. The van der Waals surface area contributed by atoms with Gasteiger partial charge in [-0.2, -0.15) is 0 Å². The van der Waals surface area contributed by atoms with E-state index in [2.05, 4.69) is 15.0 Å². The summed E-state index contributed by atoms with van der Waals surface area (Å²) in [6.45, 7) is 2.49. The van der Waals surface area contributed by atoms with E-state index in [-0.39, 0.29) is 5.75 Å². The van der Waals surface area contributed by atoms with Gasteiger partial charge in [-0.05, 0) is 42.3 Å². The topological polar surface area (TPSA) is 34.2 Å². The minimum atomic E-state index is -4.66. The molecule has 1 aromatic carbocycles. The molecule has 0 spiro atoms. The van der Waals surface area contributed by atoms with Crippen molar-refractivity contribution in [3.05, 3.63) is 53.9 Å². The lowest BCUT2D eigenvalue weighted by Crippen LogP contribution is -2.17. The van der Waals surface area contributed by atoms with Crippen LogP contribution < -0.4 is 10.1 Å². The highest BCUT2D eigenvalue weighted by Gasteiger charge is 2.30. The Bertz CT molecular complexity index is 567. The summed E-state index contributed by atoms with van der Waals surface area (Å²) in [6.07, 6.45) is -1.17. The molecule has 0 aliphatic carbocycles. The number of aromatic nitrogens is 1. The average Bonchev–Trinajstić information content (AvgIpc) is 2.36. The Balaban J connectivity index is 1.94. The summed E-state index contributed by atoms with van der Waals surface area (Å²) in [4.78, 5) is 4.07. The molecule has 2 aromatic rings. The number of hydrogen-bond donors (Lipinski definition) is 1. The van der Waals surface area contributed by atoms with E-state index < -0.39 is 6.36 Å². The number of aryl methyl sites for hydroxylation is 1. The largest absolute Gasteiger partial charge is 0.573 e. The molecule has 2 rings (SSSR count). The number of hydrogen-bond acceptors (Lipinski definition) is 3. The third kappa shape index (κ3) is 4.46. The SMILES string of the molecule is Cc1cncc(CNc2ccc(OC(F)(F)F)cc2)c1. The van der Waals surface area contributed by atoms with Crippen LogP contribution in [0, 0.1) is 6.92 Å². The van der Waals surface area contributed by atoms with E-state index in [9.17, 15) is 13.2 Å². The van der Waals surface area contributed by atoms with Gasteiger partial charge < -0.3 is 10.1 Å². The molecular formula is C14H13F3N2O. The zero-order chi connectivity index (χ0) is 14.6. The average molecular weight is 282 g/mol. The van der Waals surface area contributed by atoms with Crippen LogP contribution in [0.4, 0.5) is 18.9 Å². The molecule has 6 heteroatoms. The maximum Gasteiger partial charge on any atom is 0.573 e. The smallest absolute Gasteiger partial charge is 0.406 e. The first-order valence-electron chi connectivity index (χ1n) is 5.92. The van der Waals surface area contributed by atoms with Gasteiger partial charge in [0.25, 0.3) is 0 Å². The Morgan fingerprint density at radius 1 is 1.15 bits per heavy atom. The van der Waals surface area contributed by atoms with E-state index in [1.807, 2.05) is 13.0 Å². The van der Waals surface area contributed by atoms with Crippen LogP contribution in [0.2, 0.25) is 0 Å². The fourth-order valence-corrected chi connectivity index (χ4v) is 1.69. The second-order valence-electron chi connectivity index (χ2n) is 4.30. The molecule has 3 nitrogen and oxygen atoms in total. The van der Waals surface area contributed by atoms with Gasteiger partial charge in [-0.25, -0.2) is 0 Å². The molecule has 1 N–H and O–H groups in total. The van der Waals surface area contributed by atoms with Crippen molar-refractivity contribution in [1.82, 2.24) is 4.98 Å². The zero-order valence-electron chi connectivity index (χ0n) is 10.7. The van der Waals surface area contributed by atoms with Crippen LogP contribution in [-0.4, -0.2) is 11.3 Å². The molecule has 0 saturated heterocycles. The third-order valence-corrected chi connectivity index (χ3v) is 2.52. The van der Waals surface area contributed by atoms with Gasteiger partial charge in [0.2, 0.25) is 0 Å². The van der Waals surface area contributed by atoms with Crippen LogP contribution in [0.5, 0.6) is 5.75 Å². The number of alkyl halides is 3. The number of pyridine rings is 1. The van der Waals surface area contributed by atoms with E-state index in [4.69, 9.17) is 0 Å². The molecule has 0 atom stereocenters. The highest BCUT2D eigenvalue weighted by atomic mass is 19.4. The number of anilines is 1. The van der Waals surface area contributed by atoms with E-state index in [0.29, 0.717) is 12.2 Å². The van der Waals surface area contributed by atoms with Crippen molar-refractivity contribution in [3.8, 4) is 5.75 Å². The Morgan fingerprint density at radius 2 is 1.85 bits per heavy atom. The summed E-state index contributed by atoms with van der Waals surface area (Å²) in [5, 5.41) is 3.10. The molecule has 106 valence electrons. The predicted octanol–water partition coefficient (Wildman–Crippen LogP) is 3.90. The molecule has 0 unspecified atom stereocenters. The van der Waals surface area contributed by atoms with E-state index in [1.165, 1.54) is 24.3 Å². The maximum atomic E-state index is 12.0. The monoisotopic (exact) mass is 282 g/mol. The van der Waals surface area contributed by atoms with Gasteiger partial charge in [-0.15, -0.1) is 13.2 Å². The standard InChI is InChI=1S/C14H13F3N2O/c1-10-6-11(8-18-7-10)9-19-12-2-4-13(5-3-12)20-14(15,16)17/h2-8,19H,9H2,1H3. The molecule has 20 heavy (non-hydrogen) atoms. The molecule has 0 saturated carbocycles. The number of benzene rings is 1. The predicted molar refractivity (Wildman–Crippen MR) is 69.4 cm³/mol. The highest BCUT2D eigenvalue weighted by Crippen LogP contribution is 2.24. The van der Waals surface area contributed by atoms with Crippen molar-refractivity contribution in [2.45, 2.75) is 19.8 Å². The Morgan fingerprint density at radius 3 is 2.45 bits per heavy atom. The summed E-state index contributed by atoms with van der Waals surface area (Å²) in [5.41, 5.74) is 2.76. The van der Waals surface area contributed by atoms with Gasteiger partial charge in [0.15, 0.2) is 0 Å². The van der Waals surface area contributed by atoms with Crippen molar-refractivity contribution < 1.29 is 17.9 Å². The Labute approximate surface area is 114 Å². The lowest BCUT2D eigenvalue weighted by molar-refractivity contribution is -0.274. The number of ether oxygens (including phenoxy) is 1. The van der Waals surface area contributed by atoms with Gasteiger partial charge in [0.1, 0.15) is 5.75 Å². The van der Waals surface area contributed by atoms with Gasteiger partial charge in [0, 0.05) is 24.6 Å². The van der Waals surface area contributed by atoms with Gasteiger partial charge in [-0.1, -0.05) is 6.07 Å². The summed E-state index contributed by atoms with van der Waals surface area (Å²) in [5.74, 6) is -0.236.